The van der Waals surface area contributed by atoms with E-state index in [1.54, 1.807) is 0 Å². The van der Waals surface area contributed by atoms with Gasteiger partial charge in [-0.15, -0.1) is 0 Å². The van der Waals surface area contributed by atoms with Crippen molar-refractivity contribution >= 4 is 5.91 Å². The zero-order valence-corrected chi connectivity index (χ0v) is 13.7. The second-order valence-corrected chi connectivity index (χ2v) is 6.98. The zero-order valence-electron chi connectivity index (χ0n) is 13.7. The van der Waals surface area contributed by atoms with Crippen molar-refractivity contribution in [2.45, 2.75) is 64.9 Å². The quantitative estimate of drug-likeness (QED) is 0.710. The van der Waals surface area contributed by atoms with Gasteiger partial charge in [0.05, 0.1) is 11.5 Å². The van der Waals surface area contributed by atoms with Crippen LogP contribution in [-0.2, 0) is 9.53 Å². The Balaban J connectivity index is 1.62. The average molecular weight is 296 g/mol. The lowest BCUT2D eigenvalue weighted by Gasteiger charge is -2.31. The molecule has 0 radical (unpaired) electrons. The van der Waals surface area contributed by atoms with Gasteiger partial charge in [0.25, 0.3) is 0 Å². The predicted molar refractivity (Wildman–Crippen MR) is 85.2 cm³/mol. The molecule has 0 aromatic carbocycles. The minimum absolute atomic E-state index is 0.204. The lowest BCUT2D eigenvalue weighted by Crippen LogP contribution is -2.46. The van der Waals surface area contributed by atoms with Crippen LogP contribution in [0.1, 0.15) is 58.8 Å². The van der Waals surface area contributed by atoms with Crippen LogP contribution < -0.4 is 10.6 Å². The molecule has 21 heavy (non-hydrogen) atoms. The molecular formula is C17H32N2O2. The molecule has 2 aliphatic rings. The Hall–Kier alpha value is -0.610. The molecule has 0 aromatic heterocycles. The van der Waals surface area contributed by atoms with Crippen molar-refractivity contribution < 1.29 is 9.53 Å². The maximum absolute atomic E-state index is 12.5. The Morgan fingerprint density at radius 3 is 2.71 bits per heavy atom. The molecule has 1 saturated carbocycles. The Morgan fingerprint density at radius 2 is 2.10 bits per heavy atom. The third-order valence-electron chi connectivity index (χ3n) is 5.26. The second kappa shape index (κ2) is 8.14. The van der Waals surface area contributed by atoms with Gasteiger partial charge in [-0.25, -0.2) is 0 Å². The van der Waals surface area contributed by atoms with Gasteiger partial charge < -0.3 is 15.4 Å². The van der Waals surface area contributed by atoms with Crippen molar-refractivity contribution in [2.75, 3.05) is 26.2 Å². The summed E-state index contributed by atoms with van der Waals surface area (Å²) < 4.78 is 5.90. The third-order valence-corrected chi connectivity index (χ3v) is 5.26. The van der Waals surface area contributed by atoms with E-state index in [1.165, 1.54) is 32.1 Å². The van der Waals surface area contributed by atoms with Crippen LogP contribution in [0.4, 0.5) is 0 Å². The Morgan fingerprint density at radius 1 is 1.33 bits per heavy atom. The molecule has 1 aliphatic carbocycles. The summed E-state index contributed by atoms with van der Waals surface area (Å²) in [6.45, 7) is 7.58. The molecule has 4 nitrogen and oxygen atoms in total. The number of hydrogen-bond acceptors (Lipinski definition) is 3. The molecule has 1 saturated heterocycles. The maximum Gasteiger partial charge on any atom is 0.227 e. The average Bonchev–Trinajstić information content (AvgIpc) is 2.99. The maximum atomic E-state index is 12.5. The van der Waals surface area contributed by atoms with E-state index in [0.717, 1.165) is 39.1 Å². The van der Waals surface area contributed by atoms with E-state index in [0.29, 0.717) is 12.0 Å². The highest BCUT2D eigenvalue weighted by Crippen LogP contribution is 2.34. The lowest BCUT2D eigenvalue weighted by molar-refractivity contribution is -0.132. The first-order chi connectivity index (χ1) is 10.1. The minimum atomic E-state index is -0.204. The van der Waals surface area contributed by atoms with Crippen LogP contribution in [0.2, 0.25) is 0 Å². The Kier molecular flexibility index (Phi) is 6.49. The summed E-state index contributed by atoms with van der Waals surface area (Å²) in [5.41, 5.74) is -0.204. The van der Waals surface area contributed by atoms with Gasteiger partial charge in [-0.2, -0.15) is 0 Å². The van der Waals surface area contributed by atoms with Crippen molar-refractivity contribution in [3.63, 3.8) is 0 Å². The topological polar surface area (TPSA) is 50.4 Å². The van der Waals surface area contributed by atoms with Crippen molar-refractivity contribution in [1.82, 2.24) is 10.6 Å². The predicted octanol–water partition coefficient (Wildman–Crippen LogP) is 2.48. The molecular weight excluding hydrogens is 264 g/mol. The fraction of sp³-hybridized carbons (Fsp3) is 0.941. The van der Waals surface area contributed by atoms with Gasteiger partial charge in [0.15, 0.2) is 0 Å². The summed E-state index contributed by atoms with van der Waals surface area (Å²) in [5.74, 6) is 0.603. The van der Waals surface area contributed by atoms with Crippen molar-refractivity contribution in [1.29, 1.82) is 0 Å². The summed E-state index contributed by atoms with van der Waals surface area (Å²) in [6.07, 6.45) is 8.76. The Bertz CT molecular complexity index is 319. The van der Waals surface area contributed by atoms with Crippen LogP contribution in [0.3, 0.4) is 0 Å². The summed E-state index contributed by atoms with van der Waals surface area (Å²) in [7, 11) is 0. The van der Waals surface area contributed by atoms with Gasteiger partial charge in [0.1, 0.15) is 0 Å². The van der Waals surface area contributed by atoms with E-state index < -0.39 is 0 Å². The summed E-state index contributed by atoms with van der Waals surface area (Å²) in [5, 5.41) is 6.46. The number of hydrogen-bond donors (Lipinski definition) is 2. The minimum Gasteiger partial charge on any atom is -0.378 e. The van der Waals surface area contributed by atoms with E-state index in [1.807, 2.05) is 0 Å². The van der Waals surface area contributed by atoms with E-state index in [9.17, 15) is 4.79 Å². The second-order valence-electron chi connectivity index (χ2n) is 6.98. The van der Waals surface area contributed by atoms with Crippen molar-refractivity contribution in [3.05, 3.63) is 0 Å². The first kappa shape index (κ1) is 16.8. The smallest absolute Gasteiger partial charge is 0.227 e. The molecule has 1 amide bonds. The summed E-state index contributed by atoms with van der Waals surface area (Å²) in [6, 6.07) is 0. The van der Waals surface area contributed by atoms with Crippen LogP contribution in [0.25, 0.3) is 0 Å². The molecule has 2 N–H and O–H groups in total. The lowest BCUT2D eigenvalue weighted by atomic mass is 9.75. The monoisotopic (exact) mass is 296 g/mol. The highest BCUT2D eigenvalue weighted by Gasteiger charge is 2.43. The highest BCUT2D eigenvalue weighted by atomic mass is 16.5. The van der Waals surface area contributed by atoms with Gasteiger partial charge in [-0.3, -0.25) is 4.79 Å². The van der Waals surface area contributed by atoms with E-state index >= 15 is 0 Å². The van der Waals surface area contributed by atoms with E-state index in [-0.39, 0.29) is 11.3 Å². The fourth-order valence-corrected chi connectivity index (χ4v) is 3.59. The van der Waals surface area contributed by atoms with Crippen LogP contribution in [0.5, 0.6) is 0 Å². The number of ether oxygens (including phenoxy) is 1. The number of rotatable bonds is 7. The SMILES string of the molecule is CC(C)C1(C(=O)NCCCOC2CCCCC2)CCNC1. The summed E-state index contributed by atoms with van der Waals surface area (Å²) in [4.78, 5) is 12.5. The van der Waals surface area contributed by atoms with Crippen LogP contribution >= 0.6 is 0 Å². The van der Waals surface area contributed by atoms with Crippen LogP contribution in [-0.4, -0.2) is 38.3 Å². The van der Waals surface area contributed by atoms with Crippen molar-refractivity contribution in [3.8, 4) is 0 Å². The number of carbonyl (C=O) groups is 1. The standard InChI is InChI=1S/C17H32N2O2/c1-14(2)17(9-11-18-13-17)16(20)19-10-6-12-21-15-7-4-3-5-8-15/h14-15,18H,3-13H2,1-2H3,(H,19,20). The van der Waals surface area contributed by atoms with Crippen molar-refractivity contribution in [2.24, 2.45) is 11.3 Å². The zero-order chi connectivity index (χ0) is 15.1. The van der Waals surface area contributed by atoms with Gasteiger partial charge in [-0.05, 0) is 38.1 Å². The fourth-order valence-electron chi connectivity index (χ4n) is 3.59. The van der Waals surface area contributed by atoms with Gasteiger partial charge in [0.2, 0.25) is 5.91 Å². The van der Waals surface area contributed by atoms with Gasteiger partial charge in [0, 0.05) is 19.7 Å². The normalized spacial score (nSPS) is 27.2. The number of carbonyl (C=O) groups excluding carboxylic acids is 1. The van der Waals surface area contributed by atoms with Gasteiger partial charge >= 0.3 is 0 Å². The molecule has 122 valence electrons. The number of nitrogens with one attached hydrogen (secondary N) is 2. The molecule has 4 heteroatoms. The molecule has 2 fully saturated rings. The van der Waals surface area contributed by atoms with Gasteiger partial charge in [-0.1, -0.05) is 33.1 Å². The first-order valence-corrected chi connectivity index (χ1v) is 8.76. The first-order valence-electron chi connectivity index (χ1n) is 8.76. The molecule has 1 aliphatic heterocycles. The largest absolute Gasteiger partial charge is 0.378 e. The van der Waals surface area contributed by atoms with Crippen LogP contribution in [0, 0.1) is 11.3 Å². The molecule has 2 rings (SSSR count). The molecule has 0 bridgehead atoms. The molecule has 1 heterocycles. The summed E-state index contributed by atoms with van der Waals surface area (Å²) >= 11 is 0. The molecule has 1 unspecified atom stereocenters. The van der Waals surface area contributed by atoms with Crippen LogP contribution in [0.15, 0.2) is 0 Å². The molecule has 1 atom stereocenters. The Labute approximate surface area is 129 Å². The number of amides is 1. The highest BCUT2D eigenvalue weighted by molar-refractivity contribution is 5.83. The molecule has 0 aromatic rings. The van der Waals surface area contributed by atoms with E-state index in [2.05, 4.69) is 24.5 Å². The molecule has 0 spiro atoms. The van der Waals surface area contributed by atoms with E-state index in [4.69, 9.17) is 4.74 Å². The third kappa shape index (κ3) is 4.43.